The van der Waals surface area contributed by atoms with Gasteiger partial charge >= 0.3 is 5.97 Å². The van der Waals surface area contributed by atoms with Crippen molar-refractivity contribution in [1.29, 1.82) is 0 Å². The van der Waals surface area contributed by atoms with Gasteiger partial charge in [0.05, 0.1) is 12.8 Å². The number of aliphatic hydroxyl groups is 1. The lowest BCUT2D eigenvalue weighted by Crippen LogP contribution is -2.27. The Labute approximate surface area is 155 Å². The van der Waals surface area contributed by atoms with Gasteiger partial charge < -0.3 is 14.6 Å². The number of aliphatic hydroxyl groups excluding tert-OH is 1. The Morgan fingerprint density at radius 1 is 1.12 bits per heavy atom. The van der Waals surface area contributed by atoms with Gasteiger partial charge in [-0.2, -0.15) is 0 Å². The molecule has 2 atom stereocenters. The second-order valence-electron chi connectivity index (χ2n) is 6.24. The molecule has 0 aromatic heterocycles. The molecule has 1 radical (unpaired) electrons. The van der Waals surface area contributed by atoms with E-state index in [0.717, 1.165) is 22.9 Å². The van der Waals surface area contributed by atoms with Gasteiger partial charge in [-0.05, 0) is 42.4 Å². The second-order valence-corrected chi connectivity index (χ2v) is 6.24. The zero-order chi connectivity index (χ0) is 18.8. The van der Waals surface area contributed by atoms with Gasteiger partial charge in [-0.3, -0.25) is 0 Å². The summed E-state index contributed by atoms with van der Waals surface area (Å²) in [6, 6.07) is 18.3. The summed E-state index contributed by atoms with van der Waals surface area (Å²) in [7, 11) is 1.53. The van der Waals surface area contributed by atoms with Crippen molar-refractivity contribution in [3.8, 4) is 11.1 Å². The lowest BCUT2D eigenvalue weighted by molar-refractivity contribution is -0.153. The van der Waals surface area contributed by atoms with Gasteiger partial charge in [-0.1, -0.05) is 60.9 Å². The Hall–Kier alpha value is -2.40. The quantitative estimate of drug-likeness (QED) is 0.406. The highest BCUT2D eigenvalue weighted by atomic mass is 16.5. The molecule has 0 saturated carbocycles. The molecule has 0 aliphatic carbocycles. The number of rotatable bonds is 10. The van der Waals surface area contributed by atoms with Crippen LogP contribution in [0.5, 0.6) is 0 Å². The summed E-state index contributed by atoms with van der Waals surface area (Å²) in [4.78, 5) is 22.3. The molecular formula is C21H24BO4. The predicted octanol–water partition coefficient (Wildman–Crippen LogP) is 3.14. The summed E-state index contributed by atoms with van der Waals surface area (Å²) < 4.78 is 4.86. The highest BCUT2D eigenvalue weighted by Gasteiger charge is 2.22. The van der Waals surface area contributed by atoms with Gasteiger partial charge in [0, 0.05) is 0 Å². The molecular weight excluding hydrogens is 327 g/mol. The Kier molecular flexibility index (Phi) is 8.09. The summed E-state index contributed by atoms with van der Waals surface area (Å²) in [6.07, 6.45) is 1.05. The first-order valence-electron chi connectivity index (χ1n) is 8.90. The summed E-state index contributed by atoms with van der Waals surface area (Å²) in [6.45, 7) is 1.94. The molecule has 0 aliphatic heterocycles. The van der Waals surface area contributed by atoms with Crippen LogP contribution in [0.15, 0.2) is 54.6 Å². The van der Waals surface area contributed by atoms with Crippen LogP contribution in [0.1, 0.15) is 18.9 Å². The maximum atomic E-state index is 11.7. The first kappa shape index (κ1) is 19.9. The van der Waals surface area contributed by atoms with Crippen molar-refractivity contribution in [3.63, 3.8) is 0 Å². The molecule has 2 aromatic carbocycles. The molecule has 5 heteroatoms. The fourth-order valence-electron chi connectivity index (χ4n) is 2.96. The molecule has 0 saturated heterocycles. The van der Waals surface area contributed by atoms with Crippen molar-refractivity contribution in [2.45, 2.75) is 32.2 Å². The van der Waals surface area contributed by atoms with Gasteiger partial charge in [0.15, 0.2) is 13.4 Å². The first-order valence-corrected chi connectivity index (χ1v) is 8.90. The largest absolute Gasteiger partial charge is 0.464 e. The van der Waals surface area contributed by atoms with Gasteiger partial charge in [0.1, 0.15) is 0 Å². The van der Waals surface area contributed by atoms with Crippen LogP contribution >= 0.6 is 0 Å². The molecule has 2 rings (SSSR count). The van der Waals surface area contributed by atoms with E-state index in [1.54, 1.807) is 6.92 Å². The van der Waals surface area contributed by atoms with Crippen LogP contribution < -0.4 is 0 Å². The van der Waals surface area contributed by atoms with Crippen molar-refractivity contribution in [2.75, 3.05) is 6.61 Å². The average Bonchev–Trinajstić information content (AvgIpc) is 2.67. The number of hydrogen-bond donors (Lipinski definition) is 1. The molecule has 135 valence electrons. The predicted molar refractivity (Wildman–Crippen MR) is 104 cm³/mol. The minimum atomic E-state index is -1.16. The van der Waals surface area contributed by atoms with Crippen molar-refractivity contribution in [3.05, 3.63) is 60.2 Å². The summed E-state index contributed by atoms with van der Waals surface area (Å²) in [5.41, 5.74) is 3.39. The first-order chi connectivity index (χ1) is 12.6. The highest BCUT2D eigenvalue weighted by molar-refractivity contribution is 6.66. The van der Waals surface area contributed by atoms with Crippen LogP contribution in [0.3, 0.4) is 0 Å². The van der Waals surface area contributed by atoms with E-state index in [2.05, 4.69) is 24.3 Å². The van der Waals surface area contributed by atoms with Crippen molar-refractivity contribution < 1.29 is 19.4 Å². The standard InChI is InChI=1S/C21H24BO4/c1-2-26-21(25)20(24)13-17(14-22-15-23)12-16-8-10-19(11-9-16)18-6-4-3-5-7-18/h3-11,15,17,20,24H,2,12-14H2,1H3/t17-,20?/m1/s1. The van der Waals surface area contributed by atoms with Crippen LogP contribution in [0.4, 0.5) is 0 Å². The third kappa shape index (κ3) is 6.15. The third-order valence-corrected chi connectivity index (χ3v) is 4.27. The summed E-state index contributed by atoms with van der Waals surface area (Å²) in [5, 5.41) is 10.0. The number of esters is 1. The minimum absolute atomic E-state index is 0.0119. The van der Waals surface area contributed by atoms with Crippen LogP contribution in [0.25, 0.3) is 11.1 Å². The number of ether oxygens (including phenoxy) is 1. The van der Waals surface area contributed by atoms with E-state index in [9.17, 15) is 14.7 Å². The van der Waals surface area contributed by atoms with E-state index < -0.39 is 12.1 Å². The van der Waals surface area contributed by atoms with Crippen LogP contribution in [0.2, 0.25) is 6.32 Å². The Morgan fingerprint density at radius 3 is 2.38 bits per heavy atom. The molecule has 1 N–H and O–H groups in total. The lowest BCUT2D eigenvalue weighted by Gasteiger charge is -2.19. The van der Waals surface area contributed by atoms with Crippen molar-refractivity contribution >= 4 is 19.4 Å². The molecule has 0 aliphatic rings. The van der Waals surface area contributed by atoms with E-state index >= 15 is 0 Å². The zero-order valence-electron chi connectivity index (χ0n) is 15.0. The van der Waals surface area contributed by atoms with E-state index in [0.29, 0.717) is 12.7 Å². The van der Waals surface area contributed by atoms with E-state index in [-0.39, 0.29) is 18.9 Å². The molecule has 2 aromatic rings. The Balaban J connectivity index is 2.02. The number of hydrogen-bond acceptors (Lipinski definition) is 4. The molecule has 26 heavy (non-hydrogen) atoms. The summed E-state index contributed by atoms with van der Waals surface area (Å²) in [5.74, 6) is -0.620. The molecule has 0 bridgehead atoms. The van der Waals surface area contributed by atoms with Crippen LogP contribution in [0, 0.1) is 5.92 Å². The molecule has 1 unspecified atom stereocenters. The number of carbonyl (C=O) groups excluding carboxylic acids is 2. The average molecular weight is 351 g/mol. The maximum absolute atomic E-state index is 11.7. The maximum Gasteiger partial charge on any atom is 0.334 e. The fraction of sp³-hybridized carbons (Fsp3) is 0.333. The monoisotopic (exact) mass is 351 g/mol. The molecule has 4 nitrogen and oxygen atoms in total. The molecule has 0 heterocycles. The normalized spacial score (nSPS) is 12.8. The number of benzene rings is 2. The SMILES string of the molecule is CCOC(=O)C(O)C[C@H](C[B]C=O)Cc1ccc(-c2ccccc2)cc1. The van der Waals surface area contributed by atoms with Crippen molar-refractivity contribution in [1.82, 2.24) is 0 Å². The van der Waals surface area contributed by atoms with Gasteiger partial charge in [-0.25, -0.2) is 4.79 Å². The number of carbonyl (C=O) groups is 2. The van der Waals surface area contributed by atoms with E-state index in [1.165, 1.54) is 7.28 Å². The van der Waals surface area contributed by atoms with E-state index in [1.807, 2.05) is 30.3 Å². The topological polar surface area (TPSA) is 63.6 Å². The molecule has 0 fully saturated rings. The summed E-state index contributed by atoms with van der Waals surface area (Å²) >= 11 is 0. The highest BCUT2D eigenvalue weighted by Crippen LogP contribution is 2.23. The zero-order valence-corrected chi connectivity index (χ0v) is 15.0. The fourth-order valence-corrected chi connectivity index (χ4v) is 2.96. The minimum Gasteiger partial charge on any atom is -0.464 e. The van der Waals surface area contributed by atoms with Crippen LogP contribution in [-0.2, 0) is 20.7 Å². The Morgan fingerprint density at radius 2 is 1.77 bits per heavy atom. The lowest BCUT2D eigenvalue weighted by atomic mass is 9.69. The van der Waals surface area contributed by atoms with Gasteiger partial charge in [-0.15, -0.1) is 0 Å². The Bertz CT molecular complexity index is 685. The third-order valence-electron chi connectivity index (χ3n) is 4.27. The van der Waals surface area contributed by atoms with Crippen LogP contribution in [-0.4, -0.2) is 37.3 Å². The molecule has 0 amide bonds. The smallest absolute Gasteiger partial charge is 0.334 e. The van der Waals surface area contributed by atoms with Gasteiger partial charge in [0.2, 0.25) is 0 Å². The van der Waals surface area contributed by atoms with Crippen molar-refractivity contribution in [2.24, 2.45) is 5.92 Å². The molecule has 0 spiro atoms. The van der Waals surface area contributed by atoms with E-state index in [4.69, 9.17) is 4.74 Å². The second kappa shape index (κ2) is 10.6. The van der Waals surface area contributed by atoms with Gasteiger partial charge in [0.25, 0.3) is 0 Å².